The summed E-state index contributed by atoms with van der Waals surface area (Å²) < 4.78 is 27.5. The van der Waals surface area contributed by atoms with E-state index in [0.717, 1.165) is 19.3 Å². The van der Waals surface area contributed by atoms with Gasteiger partial charge in [-0.05, 0) is 30.0 Å². The molecule has 0 fully saturated rings. The fraction of sp³-hybridized carbons (Fsp3) is 0.278. The normalized spacial score (nSPS) is 11.4. The molecule has 0 aliphatic carbocycles. The SMILES string of the molecule is CCSc1ccccc1NC(=O)CN(c1ccccc1)S(=O)(=O)N(C)C. The van der Waals surface area contributed by atoms with Gasteiger partial charge in [-0.2, -0.15) is 12.7 Å². The van der Waals surface area contributed by atoms with Gasteiger partial charge in [0.1, 0.15) is 6.54 Å². The van der Waals surface area contributed by atoms with Gasteiger partial charge >= 0.3 is 10.2 Å². The van der Waals surface area contributed by atoms with Crippen molar-refractivity contribution in [3.63, 3.8) is 0 Å². The van der Waals surface area contributed by atoms with E-state index in [1.54, 1.807) is 42.1 Å². The Morgan fingerprint density at radius 2 is 1.65 bits per heavy atom. The first-order chi connectivity index (χ1) is 12.4. The summed E-state index contributed by atoms with van der Waals surface area (Å²) in [6.07, 6.45) is 0. The van der Waals surface area contributed by atoms with Crippen molar-refractivity contribution in [2.24, 2.45) is 0 Å². The number of hydrogen-bond donors (Lipinski definition) is 1. The predicted molar refractivity (Wildman–Crippen MR) is 108 cm³/mol. The molecule has 0 aliphatic rings. The second-order valence-electron chi connectivity index (χ2n) is 5.61. The summed E-state index contributed by atoms with van der Waals surface area (Å²) in [4.78, 5) is 13.5. The highest BCUT2D eigenvalue weighted by Crippen LogP contribution is 2.27. The van der Waals surface area contributed by atoms with E-state index < -0.39 is 16.1 Å². The molecule has 2 rings (SSSR count). The molecule has 26 heavy (non-hydrogen) atoms. The number of thioether (sulfide) groups is 1. The number of amides is 1. The molecule has 0 aromatic heterocycles. The van der Waals surface area contributed by atoms with Crippen molar-refractivity contribution >= 4 is 39.3 Å². The fourth-order valence-corrected chi connectivity index (χ4v) is 4.09. The van der Waals surface area contributed by atoms with E-state index in [1.807, 2.05) is 31.2 Å². The van der Waals surface area contributed by atoms with Crippen LogP contribution in [0.25, 0.3) is 0 Å². The highest BCUT2D eigenvalue weighted by Gasteiger charge is 2.27. The number of benzene rings is 2. The Labute approximate surface area is 159 Å². The molecule has 0 atom stereocenters. The van der Waals surface area contributed by atoms with Crippen molar-refractivity contribution in [1.82, 2.24) is 4.31 Å². The van der Waals surface area contributed by atoms with Gasteiger partial charge in [0.25, 0.3) is 0 Å². The number of rotatable bonds is 8. The van der Waals surface area contributed by atoms with Gasteiger partial charge in [-0.3, -0.25) is 4.79 Å². The monoisotopic (exact) mass is 393 g/mol. The molecule has 0 spiro atoms. The Balaban J connectivity index is 2.25. The Morgan fingerprint density at radius 3 is 2.27 bits per heavy atom. The number of carbonyl (C=O) groups is 1. The van der Waals surface area contributed by atoms with Crippen molar-refractivity contribution in [3.8, 4) is 0 Å². The van der Waals surface area contributed by atoms with Crippen LogP contribution in [0.1, 0.15) is 6.92 Å². The summed E-state index contributed by atoms with van der Waals surface area (Å²) in [6.45, 7) is 1.72. The van der Waals surface area contributed by atoms with Gasteiger partial charge < -0.3 is 5.32 Å². The van der Waals surface area contributed by atoms with E-state index in [1.165, 1.54) is 14.1 Å². The standard InChI is InChI=1S/C18H23N3O3S2/c1-4-25-17-13-9-8-12-16(17)19-18(22)14-21(26(23,24)20(2)3)15-10-6-5-7-11-15/h5-13H,4,14H2,1-3H3,(H,19,22). The summed E-state index contributed by atoms with van der Waals surface area (Å²) >= 11 is 1.61. The van der Waals surface area contributed by atoms with Crippen molar-refractivity contribution in [1.29, 1.82) is 0 Å². The maximum absolute atomic E-state index is 12.7. The van der Waals surface area contributed by atoms with Gasteiger partial charge in [0.2, 0.25) is 5.91 Å². The average molecular weight is 394 g/mol. The van der Waals surface area contributed by atoms with E-state index in [9.17, 15) is 13.2 Å². The molecule has 0 saturated heterocycles. The molecule has 1 amide bonds. The second-order valence-corrected chi connectivity index (χ2v) is 8.98. The van der Waals surface area contributed by atoms with Crippen molar-refractivity contribution in [3.05, 3.63) is 54.6 Å². The van der Waals surface area contributed by atoms with E-state index in [4.69, 9.17) is 0 Å². The van der Waals surface area contributed by atoms with Crippen LogP contribution in [0.2, 0.25) is 0 Å². The molecule has 6 nitrogen and oxygen atoms in total. The minimum Gasteiger partial charge on any atom is -0.323 e. The molecule has 0 saturated carbocycles. The van der Waals surface area contributed by atoms with Crippen LogP contribution in [0.3, 0.4) is 0 Å². The van der Waals surface area contributed by atoms with Gasteiger partial charge in [-0.1, -0.05) is 37.3 Å². The van der Waals surface area contributed by atoms with Crippen molar-refractivity contribution in [2.45, 2.75) is 11.8 Å². The van der Waals surface area contributed by atoms with Crippen LogP contribution in [0, 0.1) is 0 Å². The van der Waals surface area contributed by atoms with Crippen LogP contribution in [0.5, 0.6) is 0 Å². The lowest BCUT2D eigenvalue weighted by atomic mass is 10.3. The molecule has 2 aromatic carbocycles. The molecule has 0 aliphatic heterocycles. The van der Waals surface area contributed by atoms with Gasteiger partial charge in [-0.25, -0.2) is 4.31 Å². The van der Waals surface area contributed by atoms with Gasteiger partial charge in [0.15, 0.2) is 0 Å². The fourth-order valence-electron chi connectivity index (χ4n) is 2.27. The summed E-state index contributed by atoms with van der Waals surface area (Å²) in [7, 11) is -0.917. The van der Waals surface area contributed by atoms with Crippen molar-refractivity contribution < 1.29 is 13.2 Å². The van der Waals surface area contributed by atoms with E-state index in [0.29, 0.717) is 11.4 Å². The number of para-hydroxylation sites is 2. The third kappa shape index (κ3) is 5.00. The highest BCUT2D eigenvalue weighted by atomic mass is 32.2. The Hall–Kier alpha value is -2.03. The highest BCUT2D eigenvalue weighted by molar-refractivity contribution is 7.99. The van der Waals surface area contributed by atoms with E-state index in [-0.39, 0.29) is 6.54 Å². The molecule has 8 heteroatoms. The number of carbonyl (C=O) groups excluding carboxylic acids is 1. The molecular weight excluding hydrogens is 370 g/mol. The minimum absolute atomic E-state index is 0.310. The third-order valence-corrected chi connectivity index (χ3v) is 6.31. The number of hydrogen-bond acceptors (Lipinski definition) is 4. The largest absolute Gasteiger partial charge is 0.323 e. The number of nitrogens with one attached hydrogen (secondary N) is 1. The molecule has 2 aromatic rings. The first-order valence-corrected chi connectivity index (χ1v) is 10.5. The van der Waals surface area contributed by atoms with Crippen LogP contribution < -0.4 is 9.62 Å². The molecule has 0 radical (unpaired) electrons. The lowest BCUT2D eigenvalue weighted by molar-refractivity contribution is -0.114. The molecule has 1 N–H and O–H groups in total. The Bertz CT molecular complexity index is 840. The third-order valence-electron chi connectivity index (χ3n) is 3.53. The zero-order valence-corrected chi connectivity index (χ0v) is 16.7. The Morgan fingerprint density at radius 1 is 1.04 bits per heavy atom. The zero-order valence-electron chi connectivity index (χ0n) is 15.0. The minimum atomic E-state index is -3.80. The summed E-state index contributed by atoms with van der Waals surface area (Å²) in [5.41, 5.74) is 1.12. The topological polar surface area (TPSA) is 69.7 Å². The Kier molecular flexibility index (Phi) is 7.07. The predicted octanol–water partition coefficient (Wildman–Crippen LogP) is 3.05. The maximum atomic E-state index is 12.7. The summed E-state index contributed by atoms with van der Waals surface area (Å²) in [5, 5.41) is 2.82. The van der Waals surface area contributed by atoms with E-state index >= 15 is 0 Å². The van der Waals surface area contributed by atoms with Gasteiger partial charge in [0, 0.05) is 19.0 Å². The molecule has 0 bridgehead atoms. The quantitative estimate of drug-likeness (QED) is 0.700. The lowest BCUT2D eigenvalue weighted by Crippen LogP contribution is -2.44. The number of nitrogens with zero attached hydrogens (tertiary/aromatic N) is 2. The van der Waals surface area contributed by atoms with Gasteiger partial charge in [0.05, 0.1) is 11.4 Å². The first kappa shape index (κ1) is 20.3. The molecular formula is C18H23N3O3S2. The molecule has 0 heterocycles. The van der Waals surface area contributed by atoms with Crippen LogP contribution in [-0.2, 0) is 15.0 Å². The van der Waals surface area contributed by atoms with Gasteiger partial charge in [-0.15, -0.1) is 11.8 Å². The number of anilines is 2. The summed E-state index contributed by atoms with van der Waals surface area (Å²) in [5.74, 6) is 0.473. The zero-order chi connectivity index (χ0) is 19.2. The first-order valence-electron chi connectivity index (χ1n) is 8.13. The summed E-state index contributed by atoms with van der Waals surface area (Å²) in [6, 6.07) is 16.1. The molecule has 0 unspecified atom stereocenters. The lowest BCUT2D eigenvalue weighted by Gasteiger charge is -2.27. The van der Waals surface area contributed by atoms with Crippen LogP contribution in [-0.4, -0.2) is 45.0 Å². The maximum Gasteiger partial charge on any atom is 0.304 e. The van der Waals surface area contributed by atoms with Crippen LogP contribution >= 0.6 is 11.8 Å². The van der Waals surface area contributed by atoms with Crippen LogP contribution in [0.15, 0.2) is 59.5 Å². The smallest absolute Gasteiger partial charge is 0.304 e. The molecule has 140 valence electrons. The van der Waals surface area contributed by atoms with E-state index in [2.05, 4.69) is 5.32 Å². The second kappa shape index (κ2) is 9.07. The average Bonchev–Trinajstić information content (AvgIpc) is 2.62. The van der Waals surface area contributed by atoms with Crippen molar-refractivity contribution in [2.75, 3.05) is 36.0 Å². The van der Waals surface area contributed by atoms with Crippen LogP contribution in [0.4, 0.5) is 11.4 Å².